The fourth-order valence-electron chi connectivity index (χ4n) is 3.00. The number of amides is 1. The summed E-state index contributed by atoms with van der Waals surface area (Å²) in [5.74, 6) is 0.762. The first kappa shape index (κ1) is 14.8. The molecular formula is C16H25N3O. The topological polar surface area (TPSA) is 54.0 Å². The van der Waals surface area contributed by atoms with Gasteiger partial charge >= 0.3 is 0 Å². The molecule has 1 aromatic heterocycles. The van der Waals surface area contributed by atoms with Crippen molar-refractivity contribution in [2.24, 2.45) is 5.41 Å². The molecule has 0 aliphatic heterocycles. The first-order valence-electron chi connectivity index (χ1n) is 7.67. The quantitative estimate of drug-likeness (QED) is 0.838. The Hall–Kier alpha value is -1.58. The van der Waals surface area contributed by atoms with E-state index in [9.17, 15) is 4.79 Å². The number of nitrogens with one attached hydrogen (secondary N) is 2. The molecule has 4 nitrogen and oxygen atoms in total. The first-order chi connectivity index (χ1) is 9.69. The number of carbonyl (C=O) groups is 1. The third-order valence-corrected chi connectivity index (χ3v) is 4.42. The highest BCUT2D eigenvalue weighted by Crippen LogP contribution is 2.40. The van der Waals surface area contributed by atoms with Crippen LogP contribution in [0.3, 0.4) is 0 Å². The molecule has 1 fully saturated rings. The highest BCUT2D eigenvalue weighted by atomic mass is 16.1. The standard InChI is InChI=1S/C16H25N3O/c1-3-16(8-5-6-9-16)12-19-15(20)13-7-10-18-14(11-13)17-4-2/h7,10-11H,3-6,8-9,12H2,1-2H3,(H,17,18)(H,19,20). The molecule has 0 aromatic carbocycles. The van der Waals surface area contributed by atoms with Gasteiger partial charge in [0.25, 0.3) is 5.91 Å². The van der Waals surface area contributed by atoms with Crippen LogP contribution in [0.1, 0.15) is 56.3 Å². The predicted octanol–water partition coefficient (Wildman–Crippen LogP) is 3.21. The average Bonchev–Trinajstić information content (AvgIpc) is 2.95. The predicted molar refractivity (Wildman–Crippen MR) is 81.9 cm³/mol. The molecule has 1 aromatic rings. The van der Waals surface area contributed by atoms with Gasteiger partial charge in [0.2, 0.25) is 0 Å². The summed E-state index contributed by atoms with van der Waals surface area (Å²) in [4.78, 5) is 16.4. The summed E-state index contributed by atoms with van der Waals surface area (Å²) < 4.78 is 0. The number of carbonyl (C=O) groups excluding carboxylic acids is 1. The van der Waals surface area contributed by atoms with Gasteiger partial charge in [-0.15, -0.1) is 0 Å². The second-order valence-corrected chi connectivity index (χ2v) is 5.70. The van der Waals surface area contributed by atoms with Crippen molar-refractivity contribution in [3.8, 4) is 0 Å². The van der Waals surface area contributed by atoms with Crippen LogP contribution >= 0.6 is 0 Å². The number of hydrogen-bond donors (Lipinski definition) is 2. The van der Waals surface area contributed by atoms with Crippen molar-refractivity contribution in [3.05, 3.63) is 23.9 Å². The summed E-state index contributed by atoms with van der Waals surface area (Å²) >= 11 is 0. The van der Waals surface area contributed by atoms with E-state index in [-0.39, 0.29) is 5.91 Å². The molecule has 4 heteroatoms. The average molecular weight is 275 g/mol. The molecule has 2 rings (SSSR count). The number of nitrogens with zero attached hydrogens (tertiary/aromatic N) is 1. The van der Waals surface area contributed by atoms with Crippen LogP contribution in [0.15, 0.2) is 18.3 Å². The van der Waals surface area contributed by atoms with Gasteiger partial charge in [-0.1, -0.05) is 19.8 Å². The van der Waals surface area contributed by atoms with Crippen LogP contribution in [0.2, 0.25) is 0 Å². The largest absolute Gasteiger partial charge is 0.370 e. The minimum Gasteiger partial charge on any atom is -0.370 e. The lowest BCUT2D eigenvalue weighted by atomic mass is 9.83. The van der Waals surface area contributed by atoms with E-state index in [0.29, 0.717) is 11.0 Å². The number of rotatable bonds is 6. The van der Waals surface area contributed by atoms with Gasteiger partial charge in [0.05, 0.1) is 0 Å². The van der Waals surface area contributed by atoms with E-state index >= 15 is 0 Å². The van der Waals surface area contributed by atoms with Gasteiger partial charge in [-0.2, -0.15) is 0 Å². The molecule has 2 N–H and O–H groups in total. The Kier molecular flexibility index (Phi) is 4.99. The molecular weight excluding hydrogens is 250 g/mol. The summed E-state index contributed by atoms with van der Waals surface area (Å²) in [6.07, 6.45) is 7.89. The van der Waals surface area contributed by atoms with Crippen molar-refractivity contribution in [2.75, 3.05) is 18.4 Å². The molecule has 1 heterocycles. The summed E-state index contributed by atoms with van der Waals surface area (Å²) in [5, 5.41) is 6.24. The van der Waals surface area contributed by atoms with Gasteiger partial charge in [-0.05, 0) is 43.7 Å². The van der Waals surface area contributed by atoms with Gasteiger partial charge in [0.15, 0.2) is 0 Å². The monoisotopic (exact) mass is 275 g/mol. The summed E-state index contributed by atoms with van der Waals surface area (Å²) in [6, 6.07) is 3.58. The molecule has 1 saturated carbocycles. The minimum absolute atomic E-state index is 0.00581. The SMILES string of the molecule is CCNc1cc(C(=O)NCC2(CC)CCCC2)ccn1. The van der Waals surface area contributed by atoms with Crippen LogP contribution in [-0.4, -0.2) is 24.0 Å². The molecule has 1 aliphatic carbocycles. The Balaban J connectivity index is 1.96. The second-order valence-electron chi connectivity index (χ2n) is 5.70. The highest BCUT2D eigenvalue weighted by Gasteiger charge is 2.32. The van der Waals surface area contributed by atoms with Crippen LogP contribution in [0, 0.1) is 5.41 Å². The maximum Gasteiger partial charge on any atom is 0.251 e. The molecule has 0 radical (unpaired) electrons. The van der Waals surface area contributed by atoms with E-state index < -0.39 is 0 Å². The third kappa shape index (κ3) is 3.50. The van der Waals surface area contributed by atoms with E-state index in [0.717, 1.165) is 25.3 Å². The fraction of sp³-hybridized carbons (Fsp3) is 0.625. The highest BCUT2D eigenvalue weighted by molar-refractivity contribution is 5.94. The lowest BCUT2D eigenvalue weighted by Gasteiger charge is -2.27. The van der Waals surface area contributed by atoms with E-state index in [1.807, 2.05) is 13.0 Å². The molecule has 110 valence electrons. The normalized spacial score (nSPS) is 16.9. The van der Waals surface area contributed by atoms with Gasteiger partial charge in [0.1, 0.15) is 5.82 Å². The first-order valence-corrected chi connectivity index (χ1v) is 7.67. The van der Waals surface area contributed by atoms with Crippen LogP contribution in [0.25, 0.3) is 0 Å². The summed E-state index contributed by atoms with van der Waals surface area (Å²) in [6.45, 7) is 5.84. The maximum absolute atomic E-state index is 12.2. The van der Waals surface area contributed by atoms with Crippen molar-refractivity contribution in [1.29, 1.82) is 0 Å². The van der Waals surface area contributed by atoms with Crippen molar-refractivity contribution >= 4 is 11.7 Å². The van der Waals surface area contributed by atoms with Crippen molar-refractivity contribution < 1.29 is 4.79 Å². The molecule has 0 bridgehead atoms. The van der Waals surface area contributed by atoms with Gasteiger partial charge in [-0.25, -0.2) is 4.98 Å². The van der Waals surface area contributed by atoms with Gasteiger partial charge < -0.3 is 10.6 Å². The third-order valence-electron chi connectivity index (χ3n) is 4.42. The maximum atomic E-state index is 12.2. The Morgan fingerprint density at radius 2 is 2.10 bits per heavy atom. The van der Waals surface area contributed by atoms with Crippen molar-refractivity contribution in [3.63, 3.8) is 0 Å². The molecule has 1 amide bonds. The lowest BCUT2D eigenvalue weighted by molar-refractivity contribution is 0.0928. The lowest BCUT2D eigenvalue weighted by Crippen LogP contribution is -2.35. The Bertz CT molecular complexity index is 453. The zero-order valence-electron chi connectivity index (χ0n) is 12.5. The van der Waals surface area contributed by atoms with Gasteiger partial charge in [-0.3, -0.25) is 4.79 Å². The van der Waals surface area contributed by atoms with E-state index in [4.69, 9.17) is 0 Å². The van der Waals surface area contributed by atoms with Gasteiger partial charge in [0, 0.05) is 24.8 Å². The molecule has 0 atom stereocenters. The Morgan fingerprint density at radius 3 is 2.75 bits per heavy atom. The van der Waals surface area contributed by atoms with Crippen LogP contribution in [-0.2, 0) is 0 Å². The number of aromatic nitrogens is 1. The number of anilines is 1. The fourth-order valence-corrected chi connectivity index (χ4v) is 3.00. The Labute approximate surface area is 121 Å². The summed E-state index contributed by atoms with van der Waals surface area (Å²) in [5.41, 5.74) is 1.01. The van der Waals surface area contributed by atoms with E-state index in [1.165, 1.54) is 25.7 Å². The molecule has 0 spiro atoms. The van der Waals surface area contributed by atoms with Crippen molar-refractivity contribution in [1.82, 2.24) is 10.3 Å². The van der Waals surface area contributed by atoms with E-state index in [1.54, 1.807) is 12.3 Å². The molecule has 20 heavy (non-hydrogen) atoms. The Morgan fingerprint density at radius 1 is 1.35 bits per heavy atom. The molecule has 0 saturated heterocycles. The number of pyridine rings is 1. The van der Waals surface area contributed by atoms with Crippen molar-refractivity contribution in [2.45, 2.75) is 46.0 Å². The van der Waals surface area contributed by atoms with E-state index in [2.05, 4.69) is 22.5 Å². The molecule has 1 aliphatic rings. The van der Waals surface area contributed by atoms with Crippen LogP contribution in [0.5, 0.6) is 0 Å². The zero-order chi connectivity index (χ0) is 14.4. The smallest absolute Gasteiger partial charge is 0.251 e. The van der Waals surface area contributed by atoms with Crippen LogP contribution in [0.4, 0.5) is 5.82 Å². The second kappa shape index (κ2) is 6.73. The van der Waals surface area contributed by atoms with Crippen LogP contribution < -0.4 is 10.6 Å². The molecule has 0 unspecified atom stereocenters. The zero-order valence-corrected chi connectivity index (χ0v) is 12.5. The minimum atomic E-state index is 0.00581. The number of hydrogen-bond acceptors (Lipinski definition) is 3. The summed E-state index contributed by atoms with van der Waals surface area (Å²) in [7, 11) is 0.